The monoisotopic (exact) mass is 433 g/mol. The van der Waals surface area contributed by atoms with E-state index in [1.807, 2.05) is 13.8 Å². The highest BCUT2D eigenvalue weighted by Crippen LogP contribution is 2.39. The minimum absolute atomic E-state index is 0.0150. The maximum Gasteiger partial charge on any atom is 0.416 e. The molecule has 2 aromatic carbocycles. The number of halogens is 4. The Hall–Kier alpha value is -2.80. The molecule has 1 aliphatic rings. The molecule has 0 saturated carbocycles. The Labute approximate surface area is 176 Å². The van der Waals surface area contributed by atoms with Crippen LogP contribution in [0.1, 0.15) is 30.0 Å². The number of rotatable bonds is 3. The maximum atomic E-state index is 13.0. The molecule has 1 amide bonds. The topological polar surface area (TPSA) is 38.1 Å². The molecule has 3 aromatic rings. The van der Waals surface area contributed by atoms with Gasteiger partial charge in [-0.3, -0.25) is 4.79 Å². The third-order valence-corrected chi connectivity index (χ3v) is 5.55. The van der Waals surface area contributed by atoms with Crippen LogP contribution in [0, 0.1) is 0 Å². The lowest BCUT2D eigenvalue weighted by Crippen LogP contribution is -2.44. The number of alkyl halides is 3. The summed E-state index contributed by atoms with van der Waals surface area (Å²) >= 11 is 6.39. The Kier molecular flexibility index (Phi) is 5.10. The average Bonchev–Trinajstić information content (AvgIpc) is 3.08. The number of fused-ring (bicyclic) bond motifs is 1. The number of aromatic nitrogens is 2. The first-order valence-electron chi connectivity index (χ1n) is 9.52. The van der Waals surface area contributed by atoms with E-state index >= 15 is 0 Å². The number of carbonyl (C=O) groups is 1. The molecule has 0 N–H and O–H groups in total. The van der Waals surface area contributed by atoms with Gasteiger partial charge in [-0.25, -0.2) is 4.98 Å². The number of carbonyl (C=O) groups excluding carboxylic acids is 1. The van der Waals surface area contributed by atoms with Gasteiger partial charge in [0, 0.05) is 30.3 Å². The first-order chi connectivity index (χ1) is 14.2. The van der Waals surface area contributed by atoms with E-state index < -0.39 is 11.7 Å². The van der Waals surface area contributed by atoms with Gasteiger partial charge in [0.25, 0.3) is 5.91 Å². The summed E-state index contributed by atoms with van der Waals surface area (Å²) in [6.45, 7) is 4.85. The molecule has 4 nitrogen and oxygen atoms in total. The van der Waals surface area contributed by atoms with Crippen LogP contribution in [0.15, 0.2) is 48.5 Å². The summed E-state index contributed by atoms with van der Waals surface area (Å²) < 4.78 is 40.8. The summed E-state index contributed by atoms with van der Waals surface area (Å²) in [5.41, 5.74) is 1.51. The van der Waals surface area contributed by atoms with Gasteiger partial charge in [-0.2, -0.15) is 13.2 Å². The highest BCUT2D eigenvalue weighted by molar-refractivity contribution is 6.33. The molecule has 0 saturated heterocycles. The Balaban J connectivity index is 1.92. The van der Waals surface area contributed by atoms with Crippen LogP contribution in [0.3, 0.4) is 0 Å². The molecule has 0 bridgehead atoms. The zero-order chi connectivity index (χ0) is 21.6. The first kappa shape index (κ1) is 20.5. The third-order valence-electron chi connectivity index (χ3n) is 5.22. The standard InChI is InChI=1S/C22H19ClF3N3O/c1-13(2)28-11-12-29-19(14-7-9-15(10-8-14)22(24,25)26)18(27-20(29)21(28)30)16-5-3-4-6-17(16)23/h3-10,13H,11-12H2,1-2H3. The molecule has 30 heavy (non-hydrogen) atoms. The maximum absolute atomic E-state index is 13.0. The van der Waals surface area contributed by atoms with Crippen molar-refractivity contribution in [3.8, 4) is 22.5 Å². The predicted octanol–water partition coefficient (Wildman–Crippen LogP) is 5.75. The van der Waals surface area contributed by atoms with Crippen LogP contribution in [0.4, 0.5) is 13.2 Å². The van der Waals surface area contributed by atoms with Crippen molar-refractivity contribution in [1.29, 1.82) is 0 Å². The fourth-order valence-electron chi connectivity index (χ4n) is 3.72. The lowest BCUT2D eigenvalue weighted by molar-refractivity contribution is -0.137. The molecule has 8 heteroatoms. The molecule has 0 atom stereocenters. The van der Waals surface area contributed by atoms with Crippen molar-refractivity contribution in [2.75, 3.05) is 6.54 Å². The quantitative estimate of drug-likeness (QED) is 0.527. The van der Waals surface area contributed by atoms with Gasteiger partial charge in [-0.1, -0.05) is 41.9 Å². The lowest BCUT2D eigenvalue weighted by atomic mass is 10.0. The summed E-state index contributed by atoms with van der Waals surface area (Å²) in [7, 11) is 0. The van der Waals surface area contributed by atoms with Crippen LogP contribution in [0.25, 0.3) is 22.5 Å². The van der Waals surface area contributed by atoms with E-state index in [2.05, 4.69) is 4.98 Å². The minimum Gasteiger partial charge on any atom is -0.332 e. The molecule has 156 valence electrons. The number of amides is 1. The Bertz CT molecular complexity index is 1100. The molecule has 0 aliphatic carbocycles. The van der Waals surface area contributed by atoms with E-state index in [-0.39, 0.29) is 17.8 Å². The Morgan fingerprint density at radius 1 is 1.03 bits per heavy atom. The van der Waals surface area contributed by atoms with E-state index in [4.69, 9.17) is 11.6 Å². The molecule has 1 aliphatic heterocycles. The van der Waals surface area contributed by atoms with Crippen molar-refractivity contribution in [3.63, 3.8) is 0 Å². The first-order valence-corrected chi connectivity index (χ1v) is 9.90. The van der Waals surface area contributed by atoms with Crippen LogP contribution in [-0.2, 0) is 12.7 Å². The van der Waals surface area contributed by atoms with Crippen LogP contribution < -0.4 is 0 Å². The largest absolute Gasteiger partial charge is 0.416 e. The molecular formula is C22H19ClF3N3O. The fraction of sp³-hybridized carbons (Fsp3) is 0.273. The summed E-state index contributed by atoms with van der Waals surface area (Å²) in [5.74, 6) is 0.0579. The van der Waals surface area contributed by atoms with E-state index in [9.17, 15) is 18.0 Å². The number of imidazole rings is 1. The normalized spacial score (nSPS) is 14.4. The van der Waals surface area contributed by atoms with Crippen molar-refractivity contribution < 1.29 is 18.0 Å². The Morgan fingerprint density at radius 2 is 1.70 bits per heavy atom. The van der Waals surface area contributed by atoms with Gasteiger partial charge in [-0.15, -0.1) is 0 Å². The fourth-order valence-corrected chi connectivity index (χ4v) is 3.94. The van der Waals surface area contributed by atoms with Gasteiger partial charge < -0.3 is 9.47 Å². The van der Waals surface area contributed by atoms with Crippen molar-refractivity contribution >= 4 is 17.5 Å². The summed E-state index contributed by atoms with van der Waals surface area (Å²) in [4.78, 5) is 19.4. The smallest absolute Gasteiger partial charge is 0.332 e. The molecule has 2 heterocycles. The van der Waals surface area contributed by atoms with Gasteiger partial charge in [0.15, 0.2) is 5.82 Å². The zero-order valence-corrected chi connectivity index (χ0v) is 17.1. The predicted molar refractivity (Wildman–Crippen MR) is 109 cm³/mol. The number of hydrogen-bond donors (Lipinski definition) is 0. The number of nitrogens with zero attached hydrogens (tertiary/aromatic N) is 3. The highest BCUT2D eigenvalue weighted by Gasteiger charge is 2.34. The minimum atomic E-state index is -4.42. The van der Waals surface area contributed by atoms with Crippen LogP contribution in [-0.4, -0.2) is 32.9 Å². The highest BCUT2D eigenvalue weighted by atomic mass is 35.5. The van der Waals surface area contributed by atoms with Crippen LogP contribution in [0.5, 0.6) is 0 Å². The van der Waals surface area contributed by atoms with E-state index in [0.717, 1.165) is 12.1 Å². The SMILES string of the molecule is CC(C)N1CCn2c(nc(-c3ccccc3Cl)c2-c2ccc(C(F)(F)F)cc2)C1=O. The van der Waals surface area contributed by atoms with Crippen molar-refractivity contribution in [2.24, 2.45) is 0 Å². The van der Waals surface area contributed by atoms with Gasteiger partial charge in [0.05, 0.1) is 22.0 Å². The second kappa shape index (κ2) is 7.47. The van der Waals surface area contributed by atoms with Crippen LogP contribution in [0.2, 0.25) is 5.02 Å². The summed E-state index contributed by atoms with van der Waals surface area (Å²) in [6, 6.07) is 12.0. The van der Waals surface area contributed by atoms with Gasteiger partial charge in [-0.05, 0) is 32.0 Å². The average molecular weight is 434 g/mol. The van der Waals surface area contributed by atoms with E-state index in [1.54, 1.807) is 33.7 Å². The molecule has 0 radical (unpaired) electrons. The lowest BCUT2D eigenvalue weighted by Gasteiger charge is -2.31. The van der Waals surface area contributed by atoms with Crippen molar-refractivity contribution in [1.82, 2.24) is 14.5 Å². The molecular weight excluding hydrogens is 415 g/mol. The molecule has 1 aromatic heterocycles. The second-order valence-corrected chi connectivity index (χ2v) is 7.84. The van der Waals surface area contributed by atoms with Gasteiger partial charge in [0.1, 0.15) is 0 Å². The number of benzene rings is 2. The van der Waals surface area contributed by atoms with Gasteiger partial charge in [0.2, 0.25) is 0 Å². The summed E-state index contributed by atoms with van der Waals surface area (Å²) in [5, 5.41) is 0.453. The molecule has 0 spiro atoms. The van der Waals surface area contributed by atoms with Gasteiger partial charge >= 0.3 is 6.18 Å². The zero-order valence-electron chi connectivity index (χ0n) is 16.4. The number of hydrogen-bond acceptors (Lipinski definition) is 2. The molecule has 0 fully saturated rings. The molecule has 4 rings (SSSR count). The van der Waals surface area contributed by atoms with Crippen molar-refractivity contribution in [3.05, 3.63) is 64.9 Å². The molecule has 0 unspecified atom stereocenters. The van der Waals surface area contributed by atoms with E-state index in [0.29, 0.717) is 40.6 Å². The third kappa shape index (κ3) is 3.47. The second-order valence-electron chi connectivity index (χ2n) is 7.43. The Morgan fingerprint density at radius 3 is 2.30 bits per heavy atom. The van der Waals surface area contributed by atoms with Crippen LogP contribution >= 0.6 is 11.6 Å². The van der Waals surface area contributed by atoms with Crippen molar-refractivity contribution in [2.45, 2.75) is 32.6 Å². The van der Waals surface area contributed by atoms with E-state index in [1.165, 1.54) is 12.1 Å². The summed E-state index contributed by atoms with van der Waals surface area (Å²) in [6.07, 6.45) is -4.42.